The number of carbonyl (C=O) groups excluding carboxylic acids is 1. The van der Waals surface area contributed by atoms with Crippen LogP contribution in [0.4, 0.5) is 0 Å². The number of hydrogen-bond acceptors (Lipinski definition) is 4. The Bertz CT molecular complexity index is 430. The van der Waals surface area contributed by atoms with Gasteiger partial charge in [-0.05, 0) is 46.7 Å². The maximum Gasteiger partial charge on any atom is 0.271 e. The molecular formula is C13H21N3OS. The molecule has 2 rings (SSSR count). The van der Waals surface area contributed by atoms with E-state index < -0.39 is 0 Å². The van der Waals surface area contributed by atoms with Gasteiger partial charge in [0.15, 0.2) is 0 Å². The van der Waals surface area contributed by atoms with Crippen molar-refractivity contribution < 1.29 is 4.79 Å². The van der Waals surface area contributed by atoms with E-state index in [9.17, 15) is 4.79 Å². The summed E-state index contributed by atoms with van der Waals surface area (Å²) in [6.07, 6.45) is 3.56. The van der Waals surface area contributed by atoms with Gasteiger partial charge >= 0.3 is 0 Å². The molecule has 1 N–H and O–H groups in total. The van der Waals surface area contributed by atoms with Gasteiger partial charge in [-0.3, -0.25) is 4.79 Å². The lowest BCUT2D eigenvalue weighted by molar-refractivity contribution is 0.0945. The molecular weight excluding hydrogens is 246 g/mol. The molecule has 1 aromatic heterocycles. The van der Waals surface area contributed by atoms with Crippen LogP contribution in [0, 0.1) is 13.8 Å². The van der Waals surface area contributed by atoms with Gasteiger partial charge in [-0.1, -0.05) is 0 Å². The standard InChI is InChI=1S/C13H21N3OS/c1-9-12(15-10(2)18-9)13(17)14-7-6-11-5-4-8-16(11)3/h11H,4-8H2,1-3H3,(H,14,17)/t11-/m0/s1. The molecule has 0 saturated carbocycles. The second kappa shape index (κ2) is 5.80. The van der Waals surface area contributed by atoms with E-state index in [0.717, 1.165) is 22.9 Å². The van der Waals surface area contributed by atoms with Crippen LogP contribution in [-0.2, 0) is 0 Å². The van der Waals surface area contributed by atoms with Crippen molar-refractivity contribution in [1.82, 2.24) is 15.2 Å². The van der Waals surface area contributed by atoms with E-state index in [1.807, 2.05) is 13.8 Å². The highest BCUT2D eigenvalue weighted by Gasteiger charge is 2.21. The predicted octanol–water partition coefficient (Wildman–Crippen LogP) is 1.97. The Kier molecular flexibility index (Phi) is 4.35. The molecule has 0 radical (unpaired) electrons. The molecule has 4 nitrogen and oxygen atoms in total. The molecule has 0 aliphatic carbocycles. The fourth-order valence-corrected chi connectivity index (χ4v) is 3.33. The van der Waals surface area contributed by atoms with Crippen LogP contribution >= 0.6 is 11.3 Å². The minimum absolute atomic E-state index is 0.0301. The van der Waals surface area contributed by atoms with Crippen molar-refractivity contribution in [2.45, 2.75) is 39.2 Å². The van der Waals surface area contributed by atoms with Crippen LogP contribution in [0.3, 0.4) is 0 Å². The average Bonchev–Trinajstić information content (AvgIpc) is 2.85. The second-order valence-electron chi connectivity index (χ2n) is 4.96. The zero-order chi connectivity index (χ0) is 13.1. The van der Waals surface area contributed by atoms with Crippen LogP contribution in [0.25, 0.3) is 0 Å². The molecule has 0 spiro atoms. The van der Waals surface area contributed by atoms with E-state index in [-0.39, 0.29) is 5.91 Å². The van der Waals surface area contributed by atoms with Crippen molar-refractivity contribution >= 4 is 17.2 Å². The molecule has 1 saturated heterocycles. The minimum Gasteiger partial charge on any atom is -0.351 e. The molecule has 100 valence electrons. The molecule has 5 heteroatoms. The largest absolute Gasteiger partial charge is 0.351 e. The molecule has 0 bridgehead atoms. The van der Waals surface area contributed by atoms with E-state index in [0.29, 0.717) is 11.7 Å². The Labute approximate surface area is 112 Å². The first-order chi connectivity index (χ1) is 8.58. The summed E-state index contributed by atoms with van der Waals surface area (Å²) in [6.45, 7) is 5.80. The number of thiazole rings is 1. The number of hydrogen-bond donors (Lipinski definition) is 1. The number of amides is 1. The van der Waals surface area contributed by atoms with Gasteiger partial charge in [0, 0.05) is 17.5 Å². The number of aromatic nitrogens is 1. The number of likely N-dealkylation sites (tertiary alicyclic amines) is 1. The zero-order valence-corrected chi connectivity index (χ0v) is 12.1. The number of rotatable bonds is 4. The van der Waals surface area contributed by atoms with Crippen LogP contribution in [0.15, 0.2) is 0 Å². The van der Waals surface area contributed by atoms with Crippen LogP contribution in [0.5, 0.6) is 0 Å². The summed E-state index contributed by atoms with van der Waals surface area (Å²) in [5.41, 5.74) is 0.595. The van der Waals surface area contributed by atoms with Gasteiger partial charge in [-0.2, -0.15) is 0 Å². The molecule has 0 aromatic carbocycles. The van der Waals surface area contributed by atoms with Gasteiger partial charge < -0.3 is 10.2 Å². The Morgan fingerprint density at radius 1 is 1.56 bits per heavy atom. The van der Waals surface area contributed by atoms with E-state index >= 15 is 0 Å². The Hall–Kier alpha value is -0.940. The van der Waals surface area contributed by atoms with E-state index in [2.05, 4.69) is 22.2 Å². The first-order valence-corrected chi connectivity index (χ1v) is 7.32. The molecule has 1 aromatic rings. The molecule has 1 aliphatic heterocycles. The van der Waals surface area contributed by atoms with Crippen molar-refractivity contribution in [1.29, 1.82) is 0 Å². The van der Waals surface area contributed by atoms with Crippen molar-refractivity contribution in [2.75, 3.05) is 20.1 Å². The van der Waals surface area contributed by atoms with E-state index in [4.69, 9.17) is 0 Å². The quantitative estimate of drug-likeness (QED) is 0.907. The number of aryl methyl sites for hydroxylation is 2. The molecule has 1 amide bonds. The lowest BCUT2D eigenvalue weighted by Gasteiger charge is -2.19. The molecule has 18 heavy (non-hydrogen) atoms. The summed E-state index contributed by atoms with van der Waals surface area (Å²) in [7, 11) is 2.16. The van der Waals surface area contributed by atoms with E-state index in [1.165, 1.54) is 19.4 Å². The lowest BCUT2D eigenvalue weighted by Crippen LogP contribution is -2.32. The predicted molar refractivity (Wildman–Crippen MR) is 74.2 cm³/mol. The fraction of sp³-hybridized carbons (Fsp3) is 0.692. The minimum atomic E-state index is -0.0301. The third kappa shape index (κ3) is 3.09. The summed E-state index contributed by atoms with van der Waals surface area (Å²) < 4.78 is 0. The highest BCUT2D eigenvalue weighted by Crippen LogP contribution is 2.18. The third-order valence-corrected chi connectivity index (χ3v) is 4.44. The van der Waals surface area contributed by atoms with Gasteiger partial charge in [-0.25, -0.2) is 4.98 Å². The van der Waals surface area contributed by atoms with Crippen molar-refractivity contribution in [3.8, 4) is 0 Å². The zero-order valence-electron chi connectivity index (χ0n) is 11.3. The Morgan fingerprint density at radius 2 is 2.33 bits per heavy atom. The van der Waals surface area contributed by atoms with Crippen molar-refractivity contribution in [3.05, 3.63) is 15.6 Å². The van der Waals surface area contributed by atoms with Crippen LogP contribution in [-0.4, -0.2) is 42.0 Å². The fourth-order valence-electron chi connectivity index (χ4n) is 2.52. The first-order valence-electron chi connectivity index (χ1n) is 6.50. The van der Waals surface area contributed by atoms with Gasteiger partial charge in [0.1, 0.15) is 5.69 Å². The SMILES string of the molecule is Cc1nc(C(=O)NCC[C@@H]2CCCN2C)c(C)s1. The molecule has 1 aliphatic rings. The molecule has 2 heterocycles. The number of nitrogens with zero attached hydrogens (tertiary/aromatic N) is 2. The number of carbonyl (C=O) groups is 1. The highest BCUT2D eigenvalue weighted by atomic mass is 32.1. The molecule has 1 atom stereocenters. The second-order valence-corrected chi connectivity index (χ2v) is 6.37. The van der Waals surface area contributed by atoms with Crippen molar-refractivity contribution in [3.63, 3.8) is 0 Å². The van der Waals surface area contributed by atoms with Crippen LogP contribution in [0.2, 0.25) is 0 Å². The number of nitrogens with one attached hydrogen (secondary N) is 1. The summed E-state index contributed by atoms with van der Waals surface area (Å²) >= 11 is 1.58. The Morgan fingerprint density at radius 3 is 2.89 bits per heavy atom. The summed E-state index contributed by atoms with van der Waals surface area (Å²) in [5, 5.41) is 3.93. The monoisotopic (exact) mass is 267 g/mol. The summed E-state index contributed by atoms with van der Waals surface area (Å²) in [6, 6.07) is 0.628. The van der Waals surface area contributed by atoms with Gasteiger partial charge in [0.2, 0.25) is 0 Å². The lowest BCUT2D eigenvalue weighted by atomic mass is 10.1. The Balaban J connectivity index is 1.80. The molecule has 1 fully saturated rings. The highest BCUT2D eigenvalue weighted by molar-refractivity contribution is 7.11. The van der Waals surface area contributed by atoms with Gasteiger partial charge in [0.25, 0.3) is 5.91 Å². The topological polar surface area (TPSA) is 45.2 Å². The molecule has 0 unspecified atom stereocenters. The maximum absolute atomic E-state index is 12.0. The smallest absolute Gasteiger partial charge is 0.271 e. The average molecular weight is 267 g/mol. The van der Waals surface area contributed by atoms with E-state index in [1.54, 1.807) is 11.3 Å². The van der Waals surface area contributed by atoms with Gasteiger partial charge in [-0.15, -0.1) is 11.3 Å². The van der Waals surface area contributed by atoms with Crippen LogP contribution < -0.4 is 5.32 Å². The summed E-state index contributed by atoms with van der Waals surface area (Å²) in [4.78, 5) is 19.6. The summed E-state index contributed by atoms with van der Waals surface area (Å²) in [5.74, 6) is -0.0301. The first kappa shape index (κ1) is 13.5. The normalized spacial score (nSPS) is 20.3. The van der Waals surface area contributed by atoms with Crippen molar-refractivity contribution in [2.24, 2.45) is 0 Å². The third-order valence-electron chi connectivity index (χ3n) is 3.55. The van der Waals surface area contributed by atoms with Gasteiger partial charge in [0.05, 0.1) is 5.01 Å². The maximum atomic E-state index is 12.0. The van der Waals surface area contributed by atoms with Crippen LogP contribution in [0.1, 0.15) is 39.6 Å².